The minimum atomic E-state index is 0.440. The van der Waals surface area contributed by atoms with Gasteiger partial charge in [-0.2, -0.15) is 0 Å². The van der Waals surface area contributed by atoms with Crippen LogP contribution in [0.2, 0.25) is 0 Å². The van der Waals surface area contributed by atoms with Crippen LogP contribution in [-0.2, 0) is 0 Å². The SMILES string of the molecule is CCCCOc1ccc(C(CC(C)C)NC)cc1. The van der Waals surface area contributed by atoms with E-state index in [1.54, 1.807) is 0 Å². The van der Waals surface area contributed by atoms with Gasteiger partial charge in [0.25, 0.3) is 0 Å². The van der Waals surface area contributed by atoms with E-state index in [1.165, 1.54) is 12.0 Å². The summed E-state index contributed by atoms with van der Waals surface area (Å²) in [6.07, 6.45) is 3.45. The second-order valence-corrected chi connectivity index (χ2v) is 5.24. The number of ether oxygens (including phenoxy) is 1. The maximum atomic E-state index is 5.68. The second-order valence-electron chi connectivity index (χ2n) is 5.24. The van der Waals surface area contributed by atoms with E-state index in [1.807, 2.05) is 7.05 Å². The van der Waals surface area contributed by atoms with Crippen molar-refractivity contribution in [3.63, 3.8) is 0 Å². The number of hydrogen-bond donors (Lipinski definition) is 1. The third kappa shape index (κ3) is 5.09. The Bertz CT molecular complexity index is 318. The van der Waals surface area contributed by atoms with Crippen molar-refractivity contribution in [3.05, 3.63) is 29.8 Å². The fraction of sp³-hybridized carbons (Fsp3) is 0.625. The zero-order chi connectivity index (χ0) is 13.4. The van der Waals surface area contributed by atoms with Gasteiger partial charge in [-0.15, -0.1) is 0 Å². The molecule has 1 aromatic carbocycles. The molecule has 0 aliphatic heterocycles. The van der Waals surface area contributed by atoms with E-state index in [9.17, 15) is 0 Å². The van der Waals surface area contributed by atoms with Crippen LogP contribution >= 0.6 is 0 Å². The molecular weight excluding hydrogens is 222 g/mol. The van der Waals surface area contributed by atoms with Crippen molar-refractivity contribution in [2.24, 2.45) is 5.92 Å². The number of rotatable bonds is 8. The molecule has 0 aliphatic carbocycles. The Labute approximate surface area is 112 Å². The average molecular weight is 249 g/mol. The van der Waals surface area contributed by atoms with Gasteiger partial charge in [0.05, 0.1) is 6.61 Å². The molecule has 0 heterocycles. The van der Waals surface area contributed by atoms with Crippen LogP contribution in [0.25, 0.3) is 0 Å². The molecule has 0 amide bonds. The Balaban J connectivity index is 2.57. The first-order valence-electron chi connectivity index (χ1n) is 7.07. The van der Waals surface area contributed by atoms with E-state index in [2.05, 4.69) is 50.4 Å². The van der Waals surface area contributed by atoms with Crippen LogP contribution in [0.4, 0.5) is 0 Å². The molecule has 1 aromatic rings. The molecule has 0 radical (unpaired) electrons. The molecule has 1 N–H and O–H groups in total. The Morgan fingerprint density at radius 1 is 1.17 bits per heavy atom. The summed E-state index contributed by atoms with van der Waals surface area (Å²) in [5.41, 5.74) is 1.34. The molecule has 0 bridgehead atoms. The van der Waals surface area contributed by atoms with Crippen molar-refractivity contribution in [2.45, 2.75) is 46.1 Å². The van der Waals surface area contributed by atoms with Crippen LogP contribution in [0.5, 0.6) is 5.75 Å². The maximum Gasteiger partial charge on any atom is 0.119 e. The first-order valence-corrected chi connectivity index (χ1v) is 7.07. The van der Waals surface area contributed by atoms with Crippen LogP contribution in [0.1, 0.15) is 51.6 Å². The molecule has 0 fully saturated rings. The van der Waals surface area contributed by atoms with E-state index in [0.29, 0.717) is 12.0 Å². The first-order chi connectivity index (χ1) is 8.67. The van der Waals surface area contributed by atoms with Crippen molar-refractivity contribution in [3.8, 4) is 5.75 Å². The second kappa shape index (κ2) is 8.15. The summed E-state index contributed by atoms with van der Waals surface area (Å²) < 4.78 is 5.68. The van der Waals surface area contributed by atoms with Crippen LogP contribution in [-0.4, -0.2) is 13.7 Å². The van der Waals surface area contributed by atoms with Crippen LogP contribution < -0.4 is 10.1 Å². The van der Waals surface area contributed by atoms with Crippen molar-refractivity contribution in [1.82, 2.24) is 5.32 Å². The number of hydrogen-bond acceptors (Lipinski definition) is 2. The van der Waals surface area contributed by atoms with Gasteiger partial charge in [-0.1, -0.05) is 39.3 Å². The summed E-state index contributed by atoms with van der Waals surface area (Å²) in [5, 5.41) is 3.38. The molecule has 0 saturated carbocycles. The Morgan fingerprint density at radius 2 is 1.83 bits per heavy atom. The largest absolute Gasteiger partial charge is 0.494 e. The van der Waals surface area contributed by atoms with Gasteiger partial charge in [0, 0.05) is 6.04 Å². The Morgan fingerprint density at radius 3 is 2.33 bits per heavy atom. The summed E-state index contributed by atoms with van der Waals surface area (Å²) in [4.78, 5) is 0. The zero-order valence-electron chi connectivity index (χ0n) is 12.2. The molecule has 18 heavy (non-hydrogen) atoms. The van der Waals surface area contributed by atoms with Gasteiger partial charge in [-0.25, -0.2) is 0 Å². The van der Waals surface area contributed by atoms with E-state index >= 15 is 0 Å². The summed E-state index contributed by atoms with van der Waals surface area (Å²) in [6, 6.07) is 8.94. The third-order valence-electron chi connectivity index (χ3n) is 3.10. The highest BCUT2D eigenvalue weighted by Crippen LogP contribution is 2.23. The smallest absolute Gasteiger partial charge is 0.119 e. The first kappa shape index (κ1) is 15.0. The summed E-state index contributed by atoms with van der Waals surface area (Å²) in [6.45, 7) is 7.51. The molecule has 0 aliphatic rings. The minimum Gasteiger partial charge on any atom is -0.494 e. The molecular formula is C16H27NO. The van der Waals surface area contributed by atoms with Crippen molar-refractivity contribution < 1.29 is 4.74 Å². The lowest BCUT2D eigenvalue weighted by atomic mass is 9.97. The predicted molar refractivity (Wildman–Crippen MR) is 78.1 cm³/mol. The highest BCUT2D eigenvalue weighted by molar-refractivity contribution is 5.29. The number of benzene rings is 1. The fourth-order valence-electron chi connectivity index (χ4n) is 2.02. The zero-order valence-corrected chi connectivity index (χ0v) is 12.2. The lowest BCUT2D eigenvalue weighted by Crippen LogP contribution is -2.18. The average Bonchev–Trinajstić information content (AvgIpc) is 2.37. The highest BCUT2D eigenvalue weighted by atomic mass is 16.5. The van der Waals surface area contributed by atoms with Gasteiger partial charge in [0.1, 0.15) is 5.75 Å². The van der Waals surface area contributed by atoms with Crippen LogP contribution in [0.3, 0.4) is 0 Å². The monoisotopic (exact) mass is 249 g/mol. The van der Waals surface area contributed by atoms with Gasteiger partial charge in [-0.05, 0) is 43.5 Å². The lowest BCUT2D eigenvalue weighted by molar-refractivity contribution is 0.309. The molecule has 1 unspecified atom stereocenters. The normalized spacial score (nSPS) is 12.7. The summed E-state index contributed by atoms with van der Waals surface area (Å²) in [5.74, 6) is 1.68. The molecule has 0 saturated heterocycles. The van der Waals surface area contributed by atoms with Crippen LogP contribution in [0.15, 0.2) is 24.3 Å². The highest BCUT2D eigenvalue weighted by Gasteiger charge is 2.10. The van der Waals surface area contributed by atoms with Gasteiger partial charge >= 0.3 is 0 Å². The molecule has 102 valence electrons. The molecule has 0 spiro atoms. The summed E-state index contributed by atoms with van der Waals surface area (Å²) >= 11 is 0. The van der Waals surface area contributed by atoms with Gasteiger partial charge in [0.15, 0.2) is 0 Å². The van der Waals surface area contributed by atoms with E-state index < -0.39 is 0 Å². The Hall–Kier alpha value is -1.02. The topological polar surface area (TPSA) is 21.3 Å². The number of unbranched alkanes of at least 4 members (excludes halogenated alkanes) is 1. The lowest BCUT2D eigenvalue weighted by Gasteiger charge is -2.19. The van der Waals surface area contributed by atoms with E-state index in [4.69, 9.17) is 4.74 Å². The summed E-state index contributed by atoms with van der Waals surface area (Å²) in [7, 11) is 2.03. The van der Waals surface area contributed by atoms with Crippen molar-refractivity contribution in [1.29, 1.82) is 0 Å². The Kier molecular flexibility index (Phi) is 6.81. The van der Waals surface area contributed by atoms with Gasteiger partial charge in [0.2, 0.25) is 0 Å². The minimum absolute atomic E-state index is 0.440. The van der Waals surface area contributed by atoms with Crippen molar-refractivity contribution in [2.75, 3.05) is 13.7 Å². The third-order valence-corrected chi connectivity index (χ3v) is 3.10. The fourth-order valence-corrected chi connectivity index (χ4v) is 2.02. The molecule has 1 atom stereocenters. The van der Waals surface area contributed by atoms with Crippen molar-refractivity contribution >= 4 is 0 Å². The van der Waals surface area contributed by atoms with Crippen LogP contribution in [0, 0.1) is 5.92 Å². The predicted octanol–water partition coefficient (Wildman–Crippen LogP) is 4.17. The van der Waals surface area contributed by atoms with E-state index in [0.717, 1.165) is 25.2 Å². The van der Waals surface area contributed by atoms with E-state index in [-0.39, 0.29) is 0 Å². The maximum absolute atomic E-state index is 5.68. The standard InChI is InChI=1S/C16H27NO/c1-5-6-11-18-15-9-7-14(8-10-15)16(17-4)12-13(2)3/h7-10,13,16-17H,5-6,11-12H2,1-4H3. The van der Waals surface area contributed by atoms with Gasteiger partial charge < -0.3 is 10.1 Å². The molecule has 2 nitrogen and oxygen atoms in total. The quantitative estimate of drug-likeness (QED) is 0.698. The molecule has 1 rings (SSSR count). The molecule has 0 aromatic heterocycles. The molecule has 2 heteroatoms. The van der Waals surface area contributed by atoms with Gasteiger partial charge in [-0.3, -0.25) is 0 Å². The number of nitrogens with one attached hydrogen (secondary N) is 1.